The fourth-order valence-electron chi connectivity index (χ4n) is 1.66. The number of rotatable bonds is 2. The molecular formula is C9H21NS. The molecule has 0 spiro atoms. The molecule has 1 heterocycles. The second kappa shape index (κ2) is 3.81. The molecule has 1 saturated heterocycles. The maximum absolute atomic E-state index is 2.60. The predicted molar refractivity (Wildman–Crippen MR) is 55.9 cm³/mol. The first-order valence-corrected chi connectivity index (χ1v) is 6.82. The van der Waals surface area contributed by atoms with Gasteiger partial charge in [0.15, 0.2) is 0 Å². The standard InChI is InChI=1S/C9H21NS/c1-8(2)10-6-5-9(7-10)11(3)4/h8-9,11H,5-7H2,1-4H3. The van der Waals surface area contributed by atoms with Gasteiger partial charge in [-0.1, -0.05) is 0 Å². The van der Waals surface area contributed by atoms with Crippen LogP contribution in [0.15, 0.2) is 0 Å². The van der Waals surface area contributed by atoms with Gasteiger partial charge in [-0.3, -0.25) is 15.8 Å². The minimum Gasteiger partial charge on any atom is -0.300 e. The first kappa shape index (κ1) is 9.40. The van der Waals surface area contributed by atoms with Crippen LogP contribution < -0.4 is 0 Å². The van der Waals surface area contributed by atoms with Crippen LogP contribution in [0.25, 0.3) is 0 Å². The Morgan fingerprint density at radius 3 is 2.27 bits per heavy atom. The molecule has 1 atom stereocenters. The van der Waals surface area contributed by atoms with Crippen LogP contribution >= 0.6 is 10.9 Å². The van der Waals surface area contributed by atoms with Crippen molar-refractivity contribution in [2.75, 3.05) is 25.6 Å². The molecule has 2 heteroatoms. The quantitative estimate of drug-likeness (QED) is 0.626. The highest BCUT2D eigenvalue weighted by molar-refractivity contribution is 8.16. The van der Waals surface area contributed by atoms with E-state index in [9.17, 15) is 0 Å². The van der Waals surface area contributed by atoms with Crippen LogP contribution in [0.5, 0.6) is 0 Å². The van der Waals surface area contributed by atoms with Crippen LogP contribution in [0.3, 0.4) is 0 Å². The zero-order valence-corrected chi connectivity index (χ0v) is 9.06. The van der Waals surface area contributed by atoms with E-state index in [0.717, 1.165) is 11.3 Å². The number of hydrogen-bond acceptors (Lipinski definition) is 1. The van der Waals surface area contributed by atoms with Gasteiger partial charge in [-0.15, -0.1) is 0 Å². The smallest absolute Gasteiger partial charge is 0.00872 e. The van der Waals surface area contributed by atoms with Crippen LogP contribution in [-0.2, 0) is 0 Å². The predicted octanol–water partition coefficient (Wildman–Crippen LogP) is 1.73. The minimum atomic E-state index is 0.305. The van der Waals surface area contributed by atoms with Crippen molar-refractivity contribution in [2.24, 2.45) is 0 Å². The van der Waals surface area contributed by atoms with Crippen molar-refractivity contribution < 1.29 is 0 Å². The average molecular weight is 175 g/mol. The molecular weight excluding hydrogens is 154 g/mol. The van der Waals surface area contributed by atoms with Gasteiger partial charge in [-0.2, -0.15) is 0 Å². The van der Waals surface area contributed by atoms with E-state index in [0.29, 0.717) is 10.9 Å². The molecule has 1 rings (SSSR count). The van der Waals surface area contributed by atoms with Crippen molar-refractivity contribution in [3.05, 3.63) is 0 Å². The summed E-state index contributed by atoms with van der Waals surface area (Å²) >= 11 is 0. The lowest BCUT2D eigenvalue weighted by molar-refractivity contribution is 0.277. The van der Waals surface area contributed by atoms with Gasteiger partial charge in [0.25, 0.3) is 0 Å². The van der Waals surface area contributed by atoms with Gasteiger partial charge in [-0.05, 0) is 44.6 Å². The lowest BCUT2D eigenvalue weighted by atomic mass is 10.3. The Hall–Kier alpha value is 0.310. The Morgan fingerprint density at radius 2 is 2.00 bits per heavy atom. The van der Waals surface area contributed by atoms with Gasteiger partial charge in [0.05, 0.1) is 0 Å². The number of hydrogen-bond donors (Lipinski definition) is 1. The molecule has 0 aromatic carbocycles. The van der Waals surface area contributed by atoms with Gasteiger partial charge in [0.2, 0.25) is 0 Å². The lowest BCUT2D eigenvalue weighted by Gasteiger charge is -2.22. The van der Waals surface area contributed by atoms with Crippen LogP contribution in [-0.4, -0.2) is 41.8 Å². The van der Waals surface area contributed by atoms with Gasteiger partial charge >= 0.3 is 0 Å². The Kier molecular flexibility index (Phi) is 3.26. The monoisotopic (exact) mass is 175 g/mol. The summed E-state index contributed by atoms with van der Waals surface area (Å²) in [6.07, 6.45) is 6.25. The summed E-state index contributed by atoms with van der Waals surface area (Å²) < 4.78 is 0. The molecule has 0 bridgehead atoms. The zero-order chi connectivity index (χ0) is 8.43. The summed E-state index contributed by atoms with van der Waals surface area (Å²) in [6.45, 7) is 7.30. The topological polar surface area (TPSA) is 3.24 Å². The second-order valence-corrected chi connectivity index (χ2v) is 6.65. The average Bonchev–Trinajstić information content (AvgIpc) is 2.33. The molecule has 1 aliphatic heterocycles. The molecule has 0 N–H and O–H groups in total. The fraction of sp³-hybridized carbons (Fsp3) is 1.00. The number of thiol groups is 1. The third-order valence-electron chi connectivity index (χ3n) is 2.66. The van der Waals surface area contributed by atoms with Crippen molar-refractivity contribution in [2.45, 2.75) is 31.6 Å². The van der Waals surface area contributed by atoms with Gasteiger partial charge in [0.1, 0.15) is 0 Å². The zero-order valence-electron chi connectivity index (χ0n) is 8.17. The number of nitrogens with zero attached hydrogens (tertiary/aromatic N) is 1. The molecule has 0 amide bonds. The maximum Gasteiger partial charge on any atom is 0.00872 e. The molecule has 0 radical (unpaired) electrons. The van der Waals surface area contributed by atoms with Crippen LogP contribution in [0.2, 0.25) is 0 Å². The van der Waals surface area contributed by atoms with E-state index >= 15 is 0 Å². The van der Waals surface area contributed by atoms with E-state index in [1.54, 1.807) is 0 Å². The first-order chi connectivity index (χ1) is 5.11. The van der Waals surface area contributed by atoms with Gasteiger partial charge in [-0.25, -0.2) is 0 Å². The van der Waals surface area contributed by atoms with Crippen molar-refractivity contribution in [1.82, 2.24) is 4.90 Å². The molecule has 1 aliphatic rings. The molecule has 1 nitrogen and oxygen atoms in total. The lowest BCUT2D eigenvalue weighted by Crippen LogP contribution is -2.29. The third kappa shape index (κ3) is 2.38. The van der Waals surface area contributed by atoms with Crippen molar-refractivity contribution >= 4 is 10.9 Å². The molecule has 68 valence electrons. The first-order valence-electron chi connectivity index (χ1n) is 4.51. The Morgan fingerprint density at radius 1 is 1.36 bits per heavy atom. The van der Waals surface area contributed by atoms with Crippen molar-refractivity contribution in [3.63, 3.8) is 0 Å². The summed E-state index contributed by atoms with van der Waals surface area (Å²) in [6, 6.07) is 0.759. The Bertz CT molecular complexity index is 109. The fourth-order valence-corrected chi connectivity index (χ4v) is 2.83. The van der Waals surface area contributed by atoms with E-state index in [-0.39, 0.29) is 0 Å². The maximum atomic E-state index is 2.60. The van der Waals surface area contributed by atoms with Crippen LogP contribution in [0, 0.1) is 0 Å². The van der Waals surface area contributed by atoms with Crippen molar-refractivity contribution in [3.8, 4) is 0 Å². The summed E-state index contributed by atoms with van der Waals surface area (Å²) in [4.78, 5) is 2.60. The highest BCUT2D eigenvalue weighted by Crippen LogP contribution is 2.30. The highest BCUT2D eigenvalue weighted by Gasteiger charge is 2.24. The van der Waals surface area contributed by atoms with Gasteiger partial charge in [0, 0.05) is 12.6 Å². The van der Waals surface area contributed by atoms with E-state index in [1.165, 1.54) is 19.5 Å². The largest absolute Gasteiger partial charge is 0.300 e. The molecule has 1 fully saturated rings. The Balaban J connectivity index is 2.35. The van der Waals surface area contributed by atoms with Crippen molar-refractivity contribution in [1.29, 1.82) is 0 Å². The third-order valence-corrected chi connectivity index (χ3v) is 4.54. The highest BCUT2D eigenvalue weighted by atomic mass is 32.2. The van der Waals surface area contributed by atoms with Crippen LogP contribution in [0.1, 0.15) is 20.3 Å². The number of likely N-dealkylation sites (tertiary alicyclic amines) is 1. The molecule has 1 unspecified atom stereocenters. The van der Waals surface area contributed by atoms with E-state index in [4.69, 9.17) is 0 Å². The molecule has 0 aromatic rings. The van der Waals surface area contributed by atoms with Crippen LogP contribution in [0.4, 0.5) is 0 Å². The van der Waals surface area contributed by atoms with E-state index in [2.05, 4.69) is 31.3 Å². The Labute approximate surface area is 73.5 Å². The molecule has 0 saturated carbocycles. The normalized spacial score (nSPS) is 28.1. The summed E-state index contributed by atoms with van der Waals surface area (Å²) in [7, 11) is 0.305. The SMILES string of the molecule is CC(C)N1CCC([SH](C)C)C1. The summed E-state index contributed by atoms with van der Waals surface area (Å²) in [5, 5.41) is 1.02. The van der Waals surface area contributed by atoms with E-state index in [1.807, 2.05) is 0 Å². The summed E-state index contributed by atoms with van der Waals surface area (Å²) in [5.74, 6) is 0. The van der Waals surface area contributed by atoms with Gasteiger partial charge < -0.3 is 0 Å². The molecule has 0 aromatic heterocycles. The molecule has 11 heavy (non-hydrogen) atoms. The molecule has 0 aliphatic carbocycles. The summed E-state index contributed by atoms with van der Waals surface area (Å²) in [5.41, 5.74) is 0. The minimum absolute atomic E-state index is 0.305. The van der Waals surface area contributed by atoms with E-state index < -0.39 is 0 Å². The second-order valence-electron chi connectivity index (χ2n) is 3.99.